The van der Waals surface area contributed by atoms with Gasteiger partial charge in [0, 0.05) is 0 Å². The molecule has 2 rings (SSSR count). The highest BCUT2D eigenvalue weighted by atomic mass is 19.4. The number of esters is 1. The van der Waals surface area contributed by atoms with Gasteiger partial charge in [0.15, 0.2) is 0 Å². The normalized spacial score (nSPS) is 17.7. The summed E-state index contributed by atoms with van der Waals surface area (Å²) >= 11 is 0. The van der Waals surface area contributed by atoms with Gasteiger partial charge >= 0.3 is 18.3 Å². The lowest BCUT2D eigenvalue weighted by Gasteiger charge is -2.29. The molecule has 0 amide bonds. The van der Waals surface area contributed by atoms with Gasteiger partial charge in [0.25, 0.3) is 0 Å². The lowest BCUT2D eigenvalue weighted by atomic mass is 9.80. The summed E-state index contributed by atoms with van der Waals surface area (Å²) < 4.78 is 90.0. The molecule has 0 aromatic heterocycles. The Morgan fingerprint density at radius 2 is 1.86 bits per heavy atom. The van der Waals surface area contributed by atoms with Crippen LogP contribution < -0.4 is 5.73 Å². The maximum absolute atomic E-state index is 13.6. The molecule has 0 fully saturated rings. The smallest absolute Gasteiger partial charge is 0.416 e. The predicted octanol–water partition coefficient (Wildman–Crippen LogP) is 4.37. The first kappa shape index (κ1) is 22.1. The zero-order chi connectivity index (χ0) is 22.1. The Morgan fingerprint density at radius 1 is 1.24 bits per heavy atom. The topological polar surface area (TPSA) is 85.3 Å². The number of alkyl halides is 6. The fourth-order valence-corrected chi connectivity index (χ4v) is 2.90. The molecule has 29 heavy (non-hydrogen) atoms. The molecule has 2 N–H and O–H groups in total. The second-order valence-electron chi connectivity index (χ2n) is 5.91. The summed E-state index contributed by atoms with van der Waals surface area (Å²) in [5.41, 5.74) is 0.600. The Balaban J connectivity index is 2.89. The van der Waals surface area contributed by atoms with E-state index in [2.05, 4.69) is 0 Å². The minimum Gasteiger partial charge on any atom is -0.463 e. The number of halogens is 6. The predicted molar refractivity (Wildman–Crippen MR) is 86.4 cm³/mol. The third-order valence-corrected chi connectivity index (χ3v) is 4.10. The van der Waals surface area contributed by atoms with Gasteiger partial charge in [0.05, 0.1) is 29.2 Å². The van der Waals surface area contributed by atoms with Gasteiger partial charge in [0.1, 0.15) is 17.4 Å². The molecule has 1 unspecified atom stereocenters. The maximum Gasteiger partial charge on any atom is 0.416 e. The van der Waals surface area contributed by atoms with Crippen LogP contribution in [0.1, 0.15) is 36.5 Å². The van der Waals surface area contributed by atoms with E-state index in [1.807, 2.05) is 0 Å². The molecule has 1 aliphatic heterocycles. The zero-order valence-electron chi connectivity index (χ0n) is 15.0. The molecule has 1 aromatic carbocycles. The van der Waals surface area contributed by atoms with Crippen molar-refractivity contribution in [2.45, 2.75) is 32.1 Å². The van der Waals surface area contributed by atoms with Crippen molar-refractivity contribution in [2.75, 3.05) is 6.61 Å². The number of hydrogen-bond donors (Lipinski definition) is 1. The summed E-state index contributed by atoms with van der Waals surface area (Å²) in [5.74, 6) is -3.89. The molecular weight excluding hydrogens is 406 g/mol. The van der Waals surface area contributed by atoms with E-state index in [-0.39, 0.29) is 30.6 Å². The average molecular weight is 420 g/mol. The minimum atomic E-state index is -5.07. The number of carbonyl (C=O) groups excluding carboxylic acids is 1. The summed E-state index contributed by atoms with van der Waals surface area (Å²) in [4.78, 5) is 12.4. The third-order valence-electron chi connectivity index (χ3n) is 4.10. The first-order valence-electron chi connectivity index (χ1n) is 8.06. The Labute approximate surface area is 161 Å². The lowest BCUT2D eigenvalue weighted by Crippen LogP contribution is -2.27. The highest BCUT2D eigenvalue weighted by Gasteiger charge is 2.44. The minimum absolute atomic E-state index is 0.169. The number of hydrogen-bond acceptors (Lipinski definition) is 5. The molecule has 1 heterocycles. The number of ether oxygens (including phenoxy) is 2. The Kier molecular flexibility index (Phi) is 5.87. The number of nitrogens with zero attached hydrogens (tertiary/aromatic N) is 1. The van der Waals surface area contributed by atoms with Crippen molar-refractivity contribution in [1.29, 1.82) is 5.26 Å². The van der Waals surface area contributed by atoms with Crippen molar-refractivity contribution in [3.8, 4) is 6.07 Å². The molecule has 0 saturated carbocycles. The Morgan fingerprint density at radius 3 is 2.34 bits per heavy atom. The van der Waals surface area contributed by atoms with E-state index in [0.717, 1.165) is 0 Å². The monoisotopic (exact) mass is 420 g/mol. The molecule has 1 aliphatic rings. The van der Waals surface area contributed by atoms with E-state index in [1.165, 1.54) is 19.9 Å². The van der Waals surface area contributed by atoms with Crippen LogP contribution >= 0.6 is 0 Å². The standard InChI is InChI=1S/C18H14F6N2O3/c1-3-28-16(27)13-8(2)29-15(26)11(7-25)14(13)10-6-9(17(19,20)21)4-5-12(10)18(22,23)24/h4-6,14H,3,26H2,1-2H3. The average Bonchev–Trinajstić information content (AvgIpc) is 2.59. The largest absolute Gasteiger partial charge is 0.463 e. The van der Waals surface area contributed by atoms with E-state index in [4.69, 9.17) is 15.2 Å². The van der Waals surface area contributed by atoms with Crippen molar-refractivity contribution in [3.63, 3.8) is 0 Å². The number of allylic oxidation sites excluding steroid dienone is 2. The summed E-state index contributed by atoms with van der Waals surface area (Å²) in [6.07, 6.45) is -10.0. The molecule has 0 spiro atoms. The van der Waals surface area contributed by atoms with Crippen LogP contribution in [-0.4, -0.2) is 12.6 Å². The maximum atomic E-state index is 13.6. The van der Waals surface area contributed by atoms with Crippen LogP contribution in [0.15, 0.2) is 41.0 Å². The Bertz CT molecular complexity index is 938. The van der Waals surface area contributed by atoms with Crippen LogP contribution in [0.5, 0.6) is 0 Å². The second kappa shape index (κ2) is 7.69. The molecule has 11 heteroatoms. The van der Waals surface area contributed by atoms with Gasteiger partial charge in [-0.05, 0) is 37.6 Å². The highest BCUT2D eigenvalue weighted by Crippen LogP contribution is 2.46. The summed E-state index contributed by atoms with van der Waals surface area (Å²) in [5, 5.41) is 9.39. The molecule has 0 aliphatic carbocycles. The highest BCUT2D eigenvalue weighted by molar-refractivity contribution is 5.92. The molecule has 0 saturated heterocycles. The fourth-order valence-electron chi connectivity index (χ4n) is 2.90. The molecule has 0 radical (unpaired) electrons. The van der Waals surface area contributed by atoms with Crippen molar-refractivity contribution >= 4 is 5.97 Å². The molecule has 156 valence electrons. The van der Waals surface area contributed by atoms with E-state index < -0.39 is 58.0 Å². The van der Waals surface area contributed by atoms with Gasteiger partial charge in [-0.2, -0.15) is 31.6 Å². The van der Waals surface area contributed by atoms with Gasteiger partial charge in [-0.3, -0.25) is 0 Å². The Hall–Kier alpha value is -3.16. The summed E-state index contributed by atoms with van der Waals surface area (Å²) in [6.45, 7) is 2.44. The summed E-state index contributed by atoms with van der Waals surface area (Å²) in [7, 11) is 0. The van der Waals surface area contributed by atoms with Gasteiger partial charge < -0.3 is 15.2 Å². The molecule has 1 aromatic rings. The first-order valence-corrected chi connectivity index (χ1v) is 8.06. The number of carbonyl (C=O) groups is 1. The quantitative estimate of drug-likeness (QED) is 0.580. The third kappa shape index (κ3) is 4.31. The SMILES string of the molecule is CCOC(=O)C1=C(C)OC(N)=C(C#N)C1c1cc(C(F)(F)F)ccc1C(F)(F)F. The van der Waals surface area contributed by atoms with E-state index >= 15 is 0 Å². The van der Waals surface area contributed by atoms with Crippen molar-refractivity contribution in [2.24, 2.45) is 5.73 Å². The lowest BCUT2D eigenvalue weighted by molar-refractivity contribution is -0.142. The van der Waals surface area contributed by atoms with Crippen LogP contribution in [0, 0.1) is 11.3 Å². The van der Waals surface area contributed by atoms with Crippen LogP contribution in [0.3, 0.4) is 0 Å². The van der Waals surface area contributed by atoms with Crippen molar-refractivity contribution in [1.82, 2.24) is 0 Å². The molecule has 1 atom stereocenters. The van der Waals surface area contributed by atoms with Crippen LogP contribution in [-0.2, 0) is 26.6 Å². The van der Waals surface area contributed by atoms with Crippen LogP contribution in [0.2, 0.25) is 0 Å². The van der Waals surface area contributed by atoms with Gasteiger partial charge in [0.2, 0.25) is 5.88 Å². The van der Waals surface area contributed by atoms with E-state index in [0.29, 0.717) is 0 Å². The fraction of sp³-hybridized carbons (Fsp3) is 0.333. The zero-order valence-corrected chi connectivity index (χ0v) is 15.0. The van der Waals surface area contributed by atoms with Crippen molar-refractivity contribution in [3.05, 3.63) is 57.7 Å². The van der Waals surface area contributed by atoms with Crippen LogP contribution in [0.25, 0.3) is 0 Å². The van der Waals surface area contributed by atoms with E-state index in [1.54, 1.807) is 0 Å². The van der Waals surface area contributed by atoms with Gasteiger partial charge in [-0.15, -0.1) is 0 Å². The van der Waals surface area contributed by atoms with Gasteiger partial charge in [-0.1, -0.05) is 0 Å². The van der Waals surface area contributed by atoms with Crippen molar-refractivity contribution < 1.29 is 40.6 Å². The second-order valence-corrected chi connectivity index (χ2v) is 5.91. The van der Waals surface area contributed by atoms with Gasteiger partial charge in [-0.25, -0.2) is 4.79 Å². The molecule has 0 bridgehead atoms. The molecule has 5 nitrogen and oxygen atoms in total. The summed E-state index contributed by atoms with van der Waals surface area (Å²) in [6, 6.07) is 2.29. The molecular formula is C18H14F6N2O3. The number of rotatable bonds is 3. The first-order chi connectivity index (χ1) is 13.3. The van der Waals surface area contributed by atoms with Crippen LogP contribution in [0.4, 0.5) is 26.3 Å². The number of benzene rings is 1. The van der Waals surface area contributed by atoms with E-state index in [9.17, 15) is 36.4 Å². The number of nitriles is 1. The number of nitrogens with two attached hydrogens (primary N) is 1.